The normalized spacial score (nSPS) is 22.0. The van der Waals surface area contributed by atoms with Gasteiger partial charge in [0.2, 0.25) is 0 Å². The van der Waals surface area contributed by atoms with Gasteiger partial charge < -0.3 is 24.5 Å². The van der Waals surface area contributed by atoms with Gasteiger partial charge in [-0.1, -0.05) is 0 Å². The summed E-state index contributed by atoms with van der Waals surface area (Å²) in [5.41, 5.74) is 4.19. The molecule has 2 aliphatic heterocycles. The molecular formula is C24H26N8O2. The average molecular weight is 459 g/mol. The largest absolute Gasteiger partial charge is 0.488 e. The maximum Gasteiger partial charge on any atom is 0.157 e. The number of anilines is 2. The summed E-state index contributed by atoms with van der Waals surface area (Å²) >= 11 is 0. The second-order valence-electron chi connectivity index (χ2n) is 8.97. The molecule has 2 fully saturated rings. The summed E-state index contributed by atoms with van der Waals surface area (Å²) in [6, 6.07) is 2.69. The number of rotatable bonds is 5. The molecule has 10 nitrogen and oxygen atoms in total. The number of pyridine rings is 1. The lowest BCUT2D eigenvalue weighted by Crippen LogP contribution is -2.56. The highest BCUT2D eigenvalue weighted by Crippen LogP contribution is 2.32. The molecule has 10 heteroatoms. The molecule has 3 atom stereocenters. The molecule has 2 saturated heterocycles. The van der Waals surface area contributed by atoms with E-state index in [1.807, 2.05) is 42.9 Å². The van der Waals surface area contributed by atoms with Crippen molar-refractivity contribution >= 4 is 17.3 Å². The number of hydrogen-bond donors (Lipinski definition) is 2. The van der Waals surface area contributed by atoms with Gasteiger partial charge in [0, 0.05) is 48.6 Å². The van der Waals surface area contributed by atoms with Crippen LogP contribution in [0.2, 0.25) is 0 Å². The highest BCUT2D eigenvalue weighted by atomic mass is 16.5. The Labute approximate surface area is 196 Å². The fourth-order valence-electron chi connectivity index (χ4n) is 4.66. The van der Waals surface area contributed by atoms with Crippen molar-refractivity contribution in [2.75, 3.05) is 18.5 Å². The van der Waals surface area contributed by atoms with Gasteiger partial charge in [-0.3, -0.25) is 15.0 Å². The van der Waals surface area contributed by atoms with Gasteiger partial charge in [0.25, 0.3) is 0 Å². The Morgan fingerprint density at radius 1 is 0.971 bits per heavy atom. The maximum atomic E-state index is 6.49. The first-order valence-corrected chi connectivity index (χ1v) is 11.5. The molecule has 0 spiro atoms. The lowest BCUT2D eigenvalue weighted by Gasteiger charge is -2.40. The maximum absolute atomic E-state index is 6.49. The van der Waals surface area contributed by atoms with E-state index in [2.05, 4.69) is 35.6 Å². The van der Waals surface area contributed by atoms with Gasteiger partial charge >= 0.3 is 0 Å². The minimum absolute atomic E-state index is 0.117. The van der Waals surface area contributed by atoms with E-state index in [1.54, 1.807) is 18.6 Å². The molecule has 2 N–H and O–H groups in total. The first-order chi connectivity index (χ1) is 16.6. The van der Waals surface area contributed by atoms with E-state index >= 15 is 0 Å². The van der Waals surface area contributed by atoms with Crippen molar-refractivity contribution in [1.82, 2.24) is 34.6 Å². The van der Waals surface area contributed by atoms with Crippen LogP contribution in [-0.4, -0.2) is 60.7 Å². The molecular weight excluding hydrogens is 432 g/mol. The summed E-state index contributed by atoms with van der Waals surface area (Å²) < 4.78 is 14.1. The number of hydrogen-bond acceptors (Lipinski definition) is 9. The monoisotopic (exact) mass is 458 g/mol. The zero-order valence-electron chi connectivity index (χ0n) is 19.1. The van der Waals surface area contributed by atoms with E-state index in [0.29, 0.717) is 23.7 Å². The third-order valence-corrected chi connectivity index (χ3v) is 6.13. The second-order valence-corrected chi connectivity index (χ2v) is 8.97. The topological polar surface area (TPSA) is 111 Å². The number of nitrogens with one attached hydrogen (secondary N) is 2. The van der Waals surface area contributed by atoms with E-state index in [-0.39, 0.29) is 6.10 Å². The van der Waals surface area contributed by atoms with Crippen molar-refractivity contribution < 1.29 is 9.47 Å². The van der Waals surface area contributed by atoms with Gasteiger partial charge in [0.05, 0.1) is 49.4 Å². The molecule has 4 aromatic heterocycles. The van der Waals surface area contributed by atoms with Gasteiger partial charge in [0.15, 0.2) is 11.5 Å². The van der Waals surface area contributed by atoms with Crippen LogP contribution in [0.4, 0.5) is 11.6 Å². The Balaban J connectivity index is 1.28. The van der Waals surface area contributed by atoms with E-state index in [4.69, 9.17) is 9.47 Å². The van der Waals surface area contributed by atoms with Crippen LogP contribution in [0.1, 0.15) is 24.2 Å². The van der Waals surface area contributed by atoms with E-state index in [0.717, 1.165) is 60.1 Å². The number of ether oxygens (including phenoxy) is 2. The summed E-state index contributed by atoms with van der Waals surface area (Å²) in [6.07, 6.45) is 12.8. The first kappa shape index (κ1) is 20.9. The van der Waals surface area contributed by atoms with Crippen molar-refractivity contribution in [3.8, 4) is 17.0 Å². The summed E-state index contributed by atoms with van der Waals surface area (Å²) in [7, 11) is 0. The molecule has 0 aliphatic carbocycles. The molecule has 4 aromatic rings. The van der Waals surface area contributed by atoms with Crippen molar-refractivity contribution in [3.05, 3.63) is 54.6 Å². The smallest absolute Gasteiger partial charge is 0.157 e. The standard InChI is InChI=1S/C24H26N8O2/c1-14-3-19(21(7-26-14)34-18-4-16-12-33-13-17(5-18)29-16)20-10-32-11-23(31-24(32)9-27-20)30-22-8-25-6-15(2)28-22/h3,6-11,16-18,29H,4-5,12-13H2,1-2H3,(H,28,30)/t16-,17+,18?. The van der Waals surface area contributed by atoms with E-state index in [9.17, 15) is 0 Å². The molecule has 6 rings (SSSR count). The number of imidazole rings is 1. The fraction of sp³-hybridized carbons (Fsp3) is 0.375. The third-order valence-electron chi connectivity index (χ3n) is 6.13. The van der Waals surface area contributed by atoms with Crippen LogP contribution in [0.5, 0.6) is 5.75 Å². The van der Waals surface area contributed by atoms with Gasteiger partial charge in [0.1, 0.15) is 17.7 Å². The highest BCUT2D eigenvalue weighted by Gasteiger charge is 2.33. The summed E-state index contributed by atoms with van der Waals surface area (Å²) in [5.74, 6) is 2.07. The van der Waals surface area contributed by atoms with Gasteiger partial charge in [-0.2, -0.15) is 0 Å². The number of nitrogens with zero attached hydrogens (tertiary/aromatic N) is 6. The quantitative estimate of drug-likeness (QED) is 0.466. The van der Waals surface area contributed by atoms with Crippen LogP contribution in [0.25, 0.3) is 16.9 Å². The second kappa shape index (κ2) is 8.62. The lowest BCUT2D eigenvalue weighted by molar-refractivity contribution is -0.0122. The Morgan fingerprint density at radius 2 is 1.82 bits per heavy atom. The van der Waals surface area contributed by atoms with Crippen LogP contribution < -0.4 is 15.4 Å². The average Bonchev–Trinajstić information content (AvgIpc) is 3.21. The molecule has 0 saturated carbocycles. The fourth-order valence-corrected chi connectivity index (χ4v) is 4.66. The molecule has 0 radical (unpaired) electrons. The molecule has 0 amide bonds. The van der Waals surface area contributed by atoms with Crippen LogP contribution >= 0.6 is 0 Å². The van der Waals surface area contributed by atoms with Gasteiger partial charge in [-0.25, -0.2) is 9.97 Å². The number of aryl methyl sites for hydroxylation is 2. The van der Waals surface area contributed by atoms with Crippen molar-refractivity contribution in [1.29, 1.82) is 0 Å². The van der Waals surface area contributed by atoms with Gasteiger partial charge in [-0.15, -0.1) is 0 Å². The van der Waals surface area contributed by atoms with E-state index < -0.39 is 0 Å². The molecule has 2 bridgehead atoms. The van der Waals surface area contributed by atoms with E-state index in [1.165, 1.54) is 0 Å². The predicted molar refractivity (Wildman–Crippen MR) is 126 cm³/mol. The van der Waals surface area contributed by atoms with Gasteiger partial charge in [-0.05, 0) is 19.9 Å². The molecule has 2 aliphatic rings. The van der Waals surface area contributed by atoms with Crippen LogP contribution in [0.3, 0.4) is 0 Å². The van der Waals surface area contributed by atoms with Crippen LogP contribution in [0, 0.1) is 13.8 Å². The molecule has 0 aromatic carbocycles. The zero-order chi connectivity index (χ0) is 23.1. The number of fused-ring (bicyclic) bond motifs is 3. The van der Waals surface area contributed by atoms with Crippen LogP contribution in [0.15, 0.2) is 43.2 Å². The molecule has 174 valence electrons. The molecule has 6 heterocycles. The zero-order valence-corrected chi connectivity index (χ0v) is 19.1. The minimum atomic E-state index is 0.117. The molecule has 34 heavy (non-hydrogen) atoms. The highest BCUT2D eigenvalue weighted by molar-refractivity contribution is 5.68. The van der Waals surface area contributed by atoms with Crippen LogP contribution in [-0.2, 0) is 4.74 Å². The minimum Gasteiger partial charge on any atom is -0.488 e. The number of aromatic nitrogens is 6. The molecule has 1 unspecified atom stereocenters. The number of piperidine rings is 1. The predicted octanol–water partition coefficient (Wildman–Crippen LogP) is 2.84. The first-order valence-electron chi connectivity index (χ1n) is 11.5. The van der Waals surface area contributed by atoms with Crippen molar-refractivity contribution in [2.24, 2.45) is 0 Å². The Morgan fingerprint density at radius 3 is 2.65 bits per heavy atom. The Hall–Kier alpha value is -3.63. The Bertz CT molecular complexity index is 1330. The van der Waals surface area contributed by atoms with Crippen molar-refractivity contribution in [3.63, 3.8) is 0 Å². The third kappa shape index (κ3) is 4.29. The summed E-state index contributed by atoms with van der Waals surface area (Å²) in [6.45, 7) is 5.34. The lowest BCUT2D eigenvalue weighted by atomic mass is 9.94. The SMILES string of the molecule is Cc1cc(-c2cn3cc(Nc4cncc(C)n4)nc3cn2)c(OC2C[C@H]3COC[C@@H](C2)N3)cn1. The Kier molecular flexibility index (Phi) is 5.31. The van der Waals surface area contributed by atoms with Crippen molar-refractivity contribution in [2.45, 2.75) is 44.9 Å². The summed E-state index contributed by atoms with van der Waals surface area (Å²) in [5, 5.41) is 6.81. The summed E-state index contributed by atoms with van der Waals surface area (Å²) in [4.78, 5) is 22.4. The number of morpholine rings is 1.